The summed E-state index contributed by atoms with van der Waals surface area (Å²) in [6.07, 6.45) is -0.701. The third-order valence-electron chi connectivity index (χ3n) is 2.28. The van der Waals surface area contributed by atoms with E-state index >= 15 is 0 Å². The van der Waals surface area contributed by atoms with Crippen molar-refractivity contribution in [3.8, 4) is 0 Å². The quantitative estimate of drug-likeness (QED) is 0.871. The van der Waals surface area contributed by atoms with Crippen LogP contribution >= 0.6 is 11.6 Å². The van der Waals surface area contributed by atoms with E-state index in [0.717, 1.165) is 0 Å². The highest BCUT2D eigenvalue weighted by Crippen LogP contribution is 2.19. The molecule has 1 atom stereocenters. The number of hydrogen-bond acceptors (Lipinski definition) is 4. The van der Waals surface area contributed by atoms with E-state index in [2.05, 4.69) is 10.1 Å². The molecule has 1 rings (SSSR count). The SMILES string of the molecule is COC(=O)C(NC(=O)OC(C)(C)C)c1cccc(Cl)c1. The number of nitrogens with one attached hydrogen (secondary N) is 1. The topological polar surface area (TPSA) is 64.6 Å². The smallest absolute Gasteiger partial charge is 0.408 e. The van der Waals surface area contributed by atoms with Crippen LogP contribution in [-0.4, -0.2) is 24.8 Å². The minimum Gasteiger partial charge on any atom is -0.467 e. The van der Waals surface area contributed by atoms with Crippen LogP contribution in [0.5, 0.6) is 0 Å². The van der Waals surface area contributed by atoms with Gasteiger partial charge in [0.2, 0.25) is 0 Å². The standard InChI is InChI=1S/C14H18ClNO4/c1-14(2,3)20-13(18)16-11(12(17)19-4)9-6-5-7-10(15)8-9/h5-8,11H,1-4H3,(H,16,18). The molecular formula is C14H18ClNO4. The molecule has 0 radical (unpaired) electrons. The summed E-state index contributed by atoms with van der Waals surface area (Å²) in [7, 11) is 1.25. The minimum atomic E-state index is -0.964. The zero-order valence-electron chi connectivity index (χ0n) is 11.9. The van der Waals surface area contributed by atoms with Gasteiger partial charge in [-0.3, -0.25) is 0 Å². The highest BCUT2D eigenvalue weighted by atomic mass is 35.5. The van der Waals surface area contributed by atoms with E-state index in [4.69, 9.17) is 16.3 Å². The molecular weight excluding hydrogens is 282 g/mol. The normalized spacial score (nSPS) is 12.4. The van der Waals surface area contributed by atoms with Gasteiger partial charge >= 0.3 is 12.1 Å². The molecule has 1 N–H and O–H groups in total. The summed E-state index contributed by atoms with van der Waals surface area (Å²) < 4.78 is 9.81. The second-order valence-electron chi connectivity index (χ2n) is 5.16. The van der Waals surface area contributed by atoms with Gasteiger partial charge in [0.25, 0.3) is 0 Å². The number of carbonyl (C=O) groups excluding carboxylic acids is 2. The van der Waals surface area contributed by atoms with Crippen molar-refractivity contribution >= 4 is 23.7 Å². The lowest BCUT2D eigenvalue weighted by Crippen LogP contribution is -2.38. The molecule has 1 unspecified atom stereocenters. The first-order valence-electron chi connectivity index (χ1n) is 6.06. The largest absolute Gasteiger partial charge is 0.467 e. The number of benzene rings is 1. The first-order valence-corrected chi connectivity index (χ1v) is 6.43. The monoisotopic (exact) mass is 299 g/mol. The lowest BCUT2D eigenvalue weighted by atomic mass is 10.1. The van der Waals surface area contributed by atoms with Gasteiger partial charge < -0.3 is 14.8 Å². The molecule has 0 bridgehead atoms. The maximum atomic E-state index is 11.8. The lowest BCUT2D eigenvalue weighted by Gasteiger charge is -2.22. The maximum Gasteiger partial charge on any atom is 0.408 e. The van der Waals surface area contributed by atoms with Crippen molar-refractivity contribution in [2.24, 2.45) is 0 Å². The average Bonchev–Trinajstić information content (AvgIpc) is 2.33. The van der Waals surface area contributed by atoms with E-state index in [-0.39, 0.29) is 0 Å². The number of rotatable bonds is 3. The molecule has 6 heteroatoms. The predicted molar refractivity (Wildman–Crippen MR) is 75.6 cm³/mol. The summed E-state index contributed by atoms with van der Waals surface area (Å²) in [5.41, 5.74) is -0.130. The summed E-state index contributed by atoms with van der Waals surface area (Å²) in [5.74, 6) is -0.599. The Morgan fingerprint density at radius 1 is 1.30 bits per heavy atom. The summed E-state index contributed by atoms with van der Waals surface area (Å²) in [5, 5.41) is 2.93. The molecule has 0 aromatic heterocycles. The molecule has 0 saturated carbocycles. The molecule has 0 spiro atoms. The number of halogens is 1. The van der Waals surface area contributed by atoms with Gasteiger partial charge in [-0.15, -0.1) is 0 Å². The molecule has 1 aromatic rings. The van der Waals surface area contributed by atoms with E-state index in [1.54, 1.807) is 45.0 Å². The summed E-state index contributed by atoms with van der Waals surface area (Å²) in [6.45, 7) is 5.21. The molecule has 0 aliphatic heterocycles. The Balaban J connectivity index is 2.91. The zero-order chi connectivity index (χ0) is 15.3. The van der Waals surface area contributed by atoms with E-state index in [9.17, 15) is 9.59 Å². The van der Waals surface area contributed by atoms with Gasteiger partial charge in [0, 0.05) is 5.02 Å². The fourth-order valence-corrected chi connectivity index (χ4v) is 1.71. The van der Waals surface area contributed by atoms with Crippen molar-refractivity contribution in [2.45, 2.75) is 32.4 Å². The minimum absolute atomic E-state index is 0.461. The van der Waals surface area contributed by atoms with Crippen molar-refractivity contribution in [2.75, 3.05) is 7.11 Å². The van der Waals surface area contributed by atoms with Crippen molar-refractivity contribution in [1.29, 1.82) is 0 Å². The lowest BCUT2D eigenvalue weighted by molar-refractivity contribution is -0.143. The van der Waals surface area contributed by atoms with E-state index in [1.165, 1.54) is 7.11 Å². The van der Waals surface area contributed by atoms with Gasteiger partial charge in [0.1, 0.15) is 5.60 Å². The summed E-state index contributed by atoms with van der Waals surface area (Å²) in [6, 6.07) is 5.65. The molecule has 110 valence electrons. The fraction of sp³-hybridized carbons (Fsp3) is 0.429. The van der Waals surface area contributed by atoms with Crippen molar-refractivity contribution in [3.05, 3.63) is 34.9 Å². The molecule has 0 fully saturated rings. The van der Waals surface area contributed by atoms with Crippen LogP contribution in [-0.2, 0) is 14.3 Å². The molecule has 1 amide bonds. The molecule has 0 aliphatic rings. The van der Waals surface area contributed by atoms with Crippen molar-refractivity contribution in [3.63, 3.8) is 0 Å². The summed E-state index contributed by atoms with van der Waals surface area (Å²) in [4.78, 5) is 23.6. The Hall–Kier alpha value is -1.75. The Kier molecular flexibility index (Phi) is 5.39. The molecule has 0 aliphatic carbocycles. The van der Waals surface area contributed by atoms with Crippen LogP contribution in [0.3, 0.4) is 0 Å². The van der Waals surface area contributed by atoms with Gasteiger partial charge in [-0.05, 0) is 38.5 Å². The van der Waals surface area contributed by atoms with Crippen LogP contribution in [0.25, 0.3) is 0 Å². The zero-order valence-corrected chi connectivity index (χ0v) is 12.7. The predicted octanol–water partition coefficient (Wildman–Crippen LogP) is 3.08. The van der Waals surface area contributed by atoms with Gasteiger partial charge in [-0.25, -0.2) is 9.59 Å². The number of hydrogen-bond donors (Lipinski definition) is 1. The first kappa shape index (κ1) is 16.3. The van der Waals surface area contributed by atoms with E-state index in [1.807, 2.05) is 0 Å². The van der Waals surface area contributed by atoms with Crippen LogP contribution in [0.2, 0.25) is 5.02 Å². The van der Waals surface area contributed by atoms with Crippen LogP contribution in [0.4, 0.5) is 4.79 Å². The second-order valence-corrected chi connectivity index (χ2v) is 5.59. The van der Waals surface area contributed by atoms with Crippen molar-refractivity contribution in [1.82, 2.24) is 5.32 Å². The molecule has 0 saturated heterocycles. The highest BCUT2D eigenvalue weighted by Gasteiger charge is 2.26. The maximum absolute atomic E-state index is 11.8. The number of alkyl carbamates (subject to hydrolysis) is 1. The number of amides is 1. The van der Waals surface area contributed by atoms with Gasteiger partial charge in [-0.1, -0.05) is 23.7 Å². The Morgan fingerprint density at radius 2 is 1.95 bits per heavy atom. The number of esters is 1. The Labute approximate surface area is 123 Å². The number of methoxy groups -OCH3 is 1. The van der Waals surface area contributed by atoms with Gasteiger partial charge in [0.15, 0.2) is 6.04 Å². The molecule has 0 heterocycles. The molecule has 20 heavy (non-hydrogen) atoms. The fourth-order valence-electron chi connectivity index (χ4n) is 1.51. The van der Waals surface area contributed by atoms with Crippen LogP contribution < -0.4 is 5.32 Å². The Bertz CT molecular complexity index is 496. The third kappa shape index (κ3) is 5.09. The second kappa shape index (κ2) is 6.61. The van der Waals surface area contributed by atoms with Crippen LogP contribution in [0.1, 0.15) is 32.4 Å². The van der Waals surface area contributed by atoms with E-state index in [0.29, 0.717) is 10.6 Å². The number of ether oxygens (including phenoxy) is 2. The average molecular weight is 300 g/mol. The number of carbonyl (C=O) groups is 2. The van der Waals surface area contributed by atoms with Gasteiger partial charge in [-0.2, -0.15) is 0 Å². The Morgan fingerprint density at radius 3 is 2.45 bits per heavy atom. The first-order chi connectivity index (χ1) is 9.23. The van der Waals surface area contributed by atoms with E-state index < -0.39 is 23.7 Å². The summed E-state index contributed by atoms with van der Waals surface area (Å²) >= 11 is 5.88. The molecule has 1 aromatic carbocycles. The van der Waals surface area contributed by atoms with Crippen LogP contribution in [0.15, 0.2) is 24.3 Å². The van der Waals surface area contributed by atoms with Gasteiger partial charge in [0.05, 0.1) is 7.11 Å². The third-order valence-corrected chi connectivity index (χ3v) is 2.52. The molecule has 5 nitrogen and oxygen atoms in total. The van der Waals surface area contributed by atoms with Crippen LogP contribution in [0, 0.1) is 0 Å². The highest BCUT2D eigenvalue weighted by molar-refractivity contribution is 6.30. The van der Waals surface area contributed by atoms with Crippen molar-refractivity contribution < 1.29 is 19.1 Å².